The number of benzene rings is 1. The summed E-state index contributed by atoms with van der Waals surface area (Å²) in [4.78, 5) is 9.19. The fourth-order valence-electron chi connectivity index (χ4n) is 3.14. The predicted octanol–water partition coefficient (Wildman–Crippen LogP) is 4.97. The van der Waals surface area contributed by atoms with Crippen LogP contribution >= 0.6 is 0 Å². The first kappa shape index (κ1) is 15.7. The molecule has 1 aromatic carbocycles. The summed E-state index contributed by atoms with van der Waals surface area (Å²) in [6, 6.07) is 12.8. The minimum atomic E-state index is -0.133. The van der Waals surface area contributed by atoms with Crippen molar-refractivity contribution in [2.24, 2.45) is 0 Å². The predicted molar refractivity (Wildman–Crippen MR) is 95.5 cm³/mol. The minimum Gasteiger partial charge on any atom is -0.241 e. The smallest absolute Gasteiger partial charge is 0.115 e. The van der Waals surface area contributed by atoms with Crippen molar-refractivity contribution in [3.63, 3.8) is 0 Å². The lowest BCUT2D eigenvalue weighted by Crippen LogP contribution is -2.25. The maximum Gasteiger partial charge on any atom is 0.115 e. The molecule has 0 unspecified atom stereocenters. The number of nitrogens with zero attached hydrogens (tertiary/aromatic N) is 2. The van der Waals surface area contributed by atoms with Crippen LogP contribution in [0.1, 0.15) is 50.6 Å². The van der Waals surface area contributed by atoms with Crippen LogP contribution in [0, 0.1) is 0 Å². The molecule has 0 radical (unpaired) electrons. The van der Waals surface area contributed by atoms with Crippen LogP contribution in [0.15, 0.2) is 67.0 Å². The summed E-state index contributed by atoms with van der Waals surface area (Å²) in [5.41, 5.74) is 3.38. The Morgan fingerprint density at radius 2 is 1.61 bits per heavy atom. The van der Waals surface area contributed by atoms with Gasteiger partial charge in [-0.1, -0.05) is 75.4 Å². The average molecular weight is 304 g/mol. The second-order valence-corrected chi connectivity index (χ2v) is 7.10. The molecule has 0 amide bonds. The molecular weight excluding hydrogens is 280 g/mol. The number of allylic oxidation sites excluding steroid dienone is 4. The molecule has 1 heterocycles. The van der Waals surface area contributed by atoms with Gasteiger partial charge in [-0.15, -0.1) is 0 Å². The van der Waals surface area contributed by atoms with Crippen LogP contribution in [0.3, 0.4) is 0 Å². The first-order valence-electron chi connectivity index (χ1n) is 8.23. The van der Waals surface area contributed by atoms with E-state index in [2.05, 4.69) is 91.4 Å². The van der Waals surface area contributed by atoms with Crippen LogP contribution < -0.4 is 0 Å². The quantitative estimate of drug-likeness (QED) is 0.800. The van der Waals surface area contributed by atoms with Gasteiger partial charge >= 0.3 is 0 Å². The van der Waals surface area contributed by atoms with Crippen LogP contribution in [-0.2, 0) is 10.8 Å². The molecule has 0 spiro atoms. The Bertz CT molecular complexity index is 713. The fraction of sp³-hybridized carbons (Fsp3) is 0.333. The van der Waals surface area contributed by atoms with Gasteiger partial charge in [0.2, 0.25) is 0 Å². The summed E-state index contributed by atoms with van der Waals surface area (Å²) >= 11 is 0. The molecule has 3 rings (SSSR count). The molecule has 2 nitrogen and oxygen atoms in total. The largest absolute Gasteiger partial charge is 0.241 e. The van der Waals surface area contributed by atoms with E-state index in [0.29, 0.717) is 0 Å². The zero-order valence-corrected chi connectivity index (χ0v) is 14.2. The Morgan fingerprint density at radius 3 is 2.26 bits per heavy atom. The third kappa shape index (κ3) is 3.12. The van der Waals surface area contributed by atoms with Crippen molar-refractivity contribution >= 4 is 0 Å². The first-order chi connectivity index (χ1) is 11.0. The second kappa shape index (κ2) is 6.11. The van der Waals surface area contributed by atoms with E-state index in [1.165, 1.54) is 5.56 Å². The maximum absolute atomic E-state index is 4.60. The van der Waals surface area contributed by atoms with E-state index in [1.807, 2.05) is 0 Å². The third-order valence-corrected chi connectivity index (χ3v) is 4.94. The molecule has 0 bridgehead atoms. The van der Waals surface area contributed by atoms with E-state index in [9.17, 15) is 0 Å². The van der Waals surface area contributed by atoms with Crippen molar-refractivity contribution in [2.45, 2.75) is 44.4 Å². The second-order valence-electron chi connectivity index (χ2n) is 7.10. The number of hydrogen-bond donors (Lipinski definition) is 0. The molecule has 2 heteroatoms. The molecule has 0 saturated heterocycles. The van der Waals surface area contributed by atoms with Crippen molar-refractivity contribution < 1.29 is 0 Å². The van der Waals surface area contributed by atoms with Gasteiger partial charge in [0.15, 0.2) is 0 Å². The molecule has 0 N–H and O–H groups in total. The van der Waals surface area contributed by atoms with Crippen LogP contribution in [-0.4, -0.2) is 9.97 Å². The maximum atomic E-state index is 4.60. The summed E-state index contributed by atoms with van der Waals surface area (Å²) in [5, 5.41) is 0. The molecule has 0 aliphatic heterocycles. The first-order valence-corrected chi connectivity index (χ1v) is 8.23. The summed E-state index contributed by atoms with van der Waals surface area (Å²) in [7, 11) is 0. The number of aromatic nitrogens is 2. The highest BCUT2D eigenvalue weighted by Gasteiger charge is 2.30. The zero-order chi connectivity index (χ0) is 16.3. The monoisotopic (exact) mass is 304 g/mol. The normalized spacial score (nSPS) is 17.0. The van der Waals surface area contributed by atoms with E-state index in [0.717, 1.165) is 24.2 Å². The average Bonchev–Trinajstić information content (AvgIpc) is 2.81. The Balaban J connectivity index is 2.00. The highest BCUT2D eigenvalue weighted by molar-refractivity contribution is 5.35. The summed E-state index contributed by atoms with van der Waals surface area (Å²) < 4.78 is 0. The Labute approximate surface area is 139 Å². The van der Waals surface area contributed by atoms with Crippen LogP contribution in [0.5, 0.6) is 0 Å². The molecule has 0 fully saturated rings. The molecule has 118 valence electrons. The molecule has 1 aromatic heterocycles. The van der Waals surface area contributed by atoms with E-state index in [1.54, 1.807) is 6.33 Å². The SMILES string of the molecule is CC1(c2cc(C(C)(C)c3ccccc3)ncn2)CC=CC=CC1. The van der Waals surface area contributed by atoms with Crippen LogP contribution in [0.2, 0.25) is 0 Å². The highest BCUT2D eigenvalue weighted by atomic mass is 14.9. The van der Waals surface area contributed by atoms with Crippen LogP contribution in [0.25, 0.3) is 0 Å². The standard InChI is InChI=1S/C21H24N2/c1-20(2,17-11-7-6-8-12-17)18-15-19(23-16-22-18)21(3)13-9-4-5-10-14-21/h4-12,15-16H,13-14H2,1-3H3. The highest BCUT2D eigenvalue weighted by Crippen LogP contribution is 2.35. The lowest BCUT2D eigenvalue weighted by Gasteiger charge is -2.29. The summed E-state index contributed by atoms with van der Waals surface area (Å²) in [6.45, 7) is 6.74. The van der Waals surface area contributed by atoms with Gasteiger partial charge in [0, 0.05) is 10.8 Å². The Morgan fingerprint density at radius 1 is 0.957 bits per heavy atom. The van der Waals surface area contributed by atoms with Gasteiger partial charge in [-0.2, -0.15) is 0 Å². The van der Waals surface area contributed by atoms with Gasteiger partial charge in [-0.3, -0.25) is 0 Å². The Hall–Kier alpha value is -2.22. The molecule has 0 saturated carbocycles. The molecule has 1 aliphatic carbocycles. The molecule has 0 atom stereocenters. The van der Waals surface area contributed by atoms with Gasteiger partial charge in [0.1, 0.15) is 6.33 Å². The molecule has 1 aliphatic rings. The van der Waals surface area contributed by atoms with E-state index < -0.39 is 0 Å². The van der Waals surface area contributed by atoms with Gasteiger partial charge in [0.25, 0.3) is 0 Å². The molecule has 23 heavy (non-hydrogen) atoms. The van der Waals surface area contributed by atoms with Gasteiger partial charge in [0.05, 0.1) is 11.4 Å². The van der Waals surface area contributed by atoms with E-state index >= 15 is 0 Å². The van der Waals surface area contributed by atoms with E-state index in [4.69, 9.17) is 0 Å². The zero-order valence-electron chi connectivity index (χ0n) is 14.2. The number of hydrogen-bond acceptors (Lipinski definition) is 2. The minimum absolute atomic E-state index is 0.0357. The summed E-state index contributed by atoms with van der Waals surface area (Å²) in [5.74, 6) is 0. The third-order valence-electron chi connectivity index (χ3n) is 4.94. The summed E-state index contributed by atoms with van der Waals surface area (Å²) in [6.07, 6.45) is 12.4. The van der Waals surface area contributed by atoms with Crippen molar-refractivity contribution in [1.82, 2.24) is 9.97 Å². The van der Waals surface area contributed by atoms with Crippen LogP contribution in [0.4, 0.5) is 0 Å². The topological polar surface area (TPSA) is 25.8 Å². The Kier molecular flexibility index (Phi) is 4.16. The van der Waals surface area contributed by atoms with Crippen molar-refractivity contribution in [3.8, 4) is 0 Å². The molecular formula is C21H24N2. The lowest BCUT2D eigenvalue weighted by atomic mass is 9.77. The molecule has 2 aromatic rings. The van der Waals surface area contributed by atoms with E-state index in [-0.39, 0.29) is 10.8 Å². The lowest BCUT2D eigenvalue weighted by molar-refractivity contribution is 0.467. The van der Waals surface area contributed by atoms with Gasteiger partial charge < -0.3 is 0 Å². The van der Waals surface area contributed by atoms with Gasteiger partial charge in [-0.05, 0) is 24.5 Å². The number of rotatable bonds is 3. The van der Waals surface area contributed by atoms with Crippen molar-refractivity contribution in [2.75, 3.05) is 0 Å². The van der Waals surface area contributed by atoms with Gasteiger partial charge in [-0.25, -0.2) is 9.97 Å². The van der Waals surface area contributed by atoms with Crippen molar-refractivity contribution in [1.29, 1.82) is 0 Å². The fourth-order valence-corrected chi connectivity index (χ4v) is 3.14. The van der Waals surface area contributed by atoms with Crippen molar-refractivity contribution in [3.05, 3.63) is 84.0 Å².